The van der Waals surface area contributed by atoms with Gasteiger partial charge in [0.2, 0.25) is 0 Å². The van der Waals surface area contributed by atoms with E-state index in [1.165, 1.54) is 13.0 Å². The highest BCUT2D eigenvalue weighted by molar-refractivity contribution is 7.92. The number of halogens is 1. The van der Waals surface area contributed by atoms with E-state index in [1.807, 2.05) is 26.0 Å². The quantitative estimate of drug-likeness (QED) is 0.622. The van der Waals surface area contributed by atoms with Gasteiger partial charge in [0.1, 0.15) is 0 Å². The van der Waals surface area contributed by atoms with E-state index in [0.717, 1.165) is 11.6 Å². The van der Waals surface area contributed by atoms with Crippen LogP contribution in [0.1, 0.15) is 30.9 Å². The van der Waals surface area contributed by atoms with Crippen molar-refractivity contribution in [3.05, 3.63) is 62.7 Å². The van der Waals surface area contributed by atoms with E-state index >= 15 is 0 Å². The molecule has 0 aromatic heterocycles. The normalized spacial score (nSPS) is 11.5. The first-order valence-corrected chi connectivity index (χ1v) is 9.06. The molecule has 128 valence electrons. The summed E-state index contributed by atoms with van der Waals surface area (Å²) >= 11 is 5.96. The first kappa shape index (κ1) is 18.2. The average molecular weight is 369 g/mol. The number of nitrogens with one attached hydrogen (secondary N) is 1. The van der Waals surface area contributed by atoms with Crippen LogP contribution in [0.5, 0.6) is 0 Å². The molecule has 0 radical (unpaired) electrons. The second-order valence-corrected chi connectivity index (χ2v) is 7.74. The number of rotatable bonds is 5. The maximum absolute atomic E-state index is 12.6. The summed E-state index contributed by atoms with van der Waals surface area (Å²) < 4.78 is 27.7. The molecule has 0 bridgehead atoms. The predicted octanol–water partition coefficient (Wildman–Crippen LogP) is 4.48. The molecule has 2 aromatic carbocycles. The van der Waals surface area contributed by atoms with E-state index in [2.05, 4.69) is 4.72 Å². The molecular weight excluding hydrogens is 352 g/mol. The summed E-state index contributed by atoms with van der Waals surface area (Å²) in [7, 11) is -4.00. The van der Waals surface area contributed by atoms with Gasteiger partial charge in [-0.1, -0.05) is 43.6 Å². The van der Waals surface area contributed by atoms with Crippen molar-refractivity contribution >= 4 is 33.0 Å². The molecule has 0 saturated carbocycles. The van der Waals surface area contributed by atoms with Crippen molar-refractivity contribution in [3.63, 3.8) is 0 Å². The lowest BCUT2D eigenvalue weighted by Gasteiger charge is -2.15. The van der Waals surface area contributed by atoms with Crippen LogP contribution < -0.4 is 4.72 Å². The largest absolute Gasteiger partial charge is 0.279 e. The number of hydrogen-bond donors (Lipinski definition) is 1. The molecule has 0 aliphatic rings. The second-order valence-electron chi connectivity index (χ2n) is 5.65. The number of hydrogen-bond acceptors (Lipinski definition) is 4. The molecule has 8 heteroatoms. The number of anilines is 1. The van der Waals surface area contributed by atoms with Crippen molar-refractivity contribution in [3.8, 4) is 0 Å². The SMILES string of the molecule is Cc1c(Cl)cc(S(=O)(=O)Nc2ccccc2C(C)C)cc1[N+](=O)[O-]. The molecule has 24 heavy (non-hydrogen) atoms. The first-order chi connectivity index (χ1) is 11.1. The zero-order valence-electron chi connectivity index (χ0n) is 13.4. The van der Waals surface area contributed by atoms with Crippen LogP contribution in [-0.2, 0) is 10.0 Å². The Labute approximate surface area is 145 Å². The highest BCUT2D eigenvalue weighted by Crippen LogP contribution is 2.31. The third-order valence-electron chi connectivity index (χ3n) is 3.62. The highest BCUT2D eigenvalue weighted by atomic mass is 35.5. The van der Waals surface area contributed by atoms with E-state index in [0.29, 0.717) is 5.69 Å². The smallest absolute Gasteiger partial charge is 0.275 e. The minimum atomic E-state index is -4.00. The first-order valence-electron chi connectivity index (χ1n) is 7.19. The van der Waals surface area contributed by atoms with Crippen molar-refractivity contribution in [1.82, 2.24) is 0 Å². The minimum absolute atomic E-state index is 0.0294. The summed E-state index contributed by atoms with van der Waals surface area (Å²) in [6, 6.07) is 9.24. The molecule has 0 fully saturated rings. The van der Waals surface area contributed by atoms with Crippen LogP contribution in [0.15, 0.2) is 41.3 Å². The Hall–Kier alpha value is -2.12. The second kappa shape index (κ2) is 6.78. The maximum atomic E-state index is 12.6. The van der Waals surface area contributed by atoms with Crippen LogP contribution in [0.3, 0.4) is 0 Å². The van der Waals surface area contributed by atoms with Crippen LogP contribution in [0, 0.1) is 17.0 Å². The fourth-order valence-corrected chi connectivity index (χ4v) is 3.69. The molecule has 0 aliphatic heterocycles. The van der Waals surface area contributed by atoms with E-state index in [-0.39, 0.29) is 27.1 Å². The van der Waals surface area contributed by atoms with Gasteiger partial charge < -0.3 is 0 Å². The lowest BCUT2D eigenvalue weighted by Crippen LogP contribution is -2.15. The molecule has 6 nitrogen and oxygen atoms in total. The molecule has 2 rings (SSSR count). The Bertz CT molecular complexity index is 895. The van der Waals surface area contributed by atoms with E-state index < -0.39 is 14.9 Å². The van der Waals surface area contributed by atoms with Gasteiger partial charge in [-0.2, -0.15) is 0 Å². The highest BCUT2D eigenvalue weighted by Gasteiger charge is 2.23. The van der Waals surface area contributed by atoms with Crippen LogP contribution in [0.4, 0.5) is 11.4 Å². The van der Waals surface area contributed by atoms with Gasteiger partial charge in [0.25, 0.3) is 15.7 Å². The monoisotopic (exact) mass is 368 g/mol. The van der Waals surface area contributed by atoms with Gasteiger partial charge in [0, 0.05) is 11.6 Å². The van der Waals surface area contributed by atoms with Crippen molar-refractivity contribution in [2.45, 2.75) is 31.6 Å². The van der Waals surface area contributed by atoms with E-state index in [9.17, 15) is 18.5 Å². The number of benzene rings is 2. The average Bonchev–Trinajstić information content (AvgIpc) is 2.49. The Morgan fingerprint density at radius 3 is 2.42 bits per heavy atom. The van der Waals surface area contributed by atoms with E-state index in [1.54, 1.807) is 12.1 Å². The molecule has 0 heterocycles. The molecule has 0 unspecified atom stereocenters. The topological polar surface area (TPSA) is 89.3 Å². The third-order valence-corrected chi connectivity index (χ3v) is 5.36. The Kier molecular flexibility index (Phi) is 5.15. The minimum Gasteiger partial charge on any atom is -0.279 e. The lowest BCUT2D eigenvalue weighted by atomic mass is 10.0. The molecule has 0 aliphatic carbocycles. The standard InChI is InChI=1S/C16H17ClN2O4S/c1-10(2)13-6-4-5-7-15(13)18-24(22,23)12-8-14(17)11(3)16(9-12)19(20)21/h4-10,18H,1-3H3. The molecule has 0 amide bonds. The Morgan fingerprint density at radius 2 is 1.83 bits per heavy atom. The Balaban J connectivity index is 2.51. The molecule has 0 spiro atoms. The fourth-order valence-electron chi connectivity index (χ4n) is 2.28. The number of sulfonamides is 1. The molecular formula is C16H17ClN2O4S. The predicted molar refractivity (Wildman–Crippen MR) is 94.2 cm³/mol. The molecule has 1 N–H and O–H groups in total. The summed E-state index contributed by atoms with van der Waals surface area (Å²) in [6.45, 7) is 5.36. The summed E-state index contributed by atoms with van der Waals surface area (Å²) in [5, 5.41) is 11.1. The Morgan fingerprint density at radius 1 is 1.21 bits per heavy atom. The van der Waals surface area contributed by atoms with Gasteiger partial charge in [-0.3, -0.25) is 14.8 Å². The van der Waals surface area contributed by atoms with Crippen LogP contribution in [-0.4, -0.2) is 13.3 Å². The summed E-state index contributed by atoms with van der Waals surface area (Å²) in [6.07, 6.45) is 0. The van der Waals surface area contributed by atoms with Gasteiger partial charge in [0.05, 0.1) is 20.5 Å². The third kappa shape index (κ3) is 3.68. The summed E-state index contributed by atoms with van der Waals surface area (Å²) in [5.74, 6) is 0.111. The number of para-hydroxylation sites is 1. The zero-order chi connectivity index (χ0) is 18.1. The van der Waals surface area contributed by atoms with E-state index in [4.69, 9.17) is 11.6 Å². The number of nitro groups is 1. The van der Waals surface area contributed by atoms with Gasteiger partial charge in [-0.05, 0) is 30.5 Å². The molecule has 0 saturated heterocycles. The van der Waals surface area contributed by atoms with Crippen molar-refractivity contribution in [2.24, 2.45) is 0 Å². The van der Waals surface area contributed by atoms with Gasteiger partial charge in [-0.15, -0.1) is 0 Å². The van der Waals surface area contributed by atoms with Crippen LogP contribution in [0.25, 0.3) is 0 Å². The van der Waals surface area contributed by atoms with Crippen LogP contribution >= 0.6 is 11.6 Å². The molecule has 2 aromatic rings. The van der Waals surface area contributed by atoms with Gasteiger partial charge in [-0.25, -0.2) is 8.42 Å². The number of nitrogens with zero attached hydrogens (tertiary/aromatic N) is 1. The lowest BCUT2D eigenvalue weighted by molar-refractivity contribution is -0.385. The fraction of sp³-hybridized carbons (Fsp3) is 0.250. The van der Waals surface area contributed by atoms with Crippen molar-refractivity contribution in [1.29, 1.82) is 0 Å². The van der Waals surface area contributed by atoms with Crippen molar-refractivity contribution in [2.75, 3.05) is 4.72 Å². The van der Waals surface area contributed by atoms with Gasteiger partial charge >= 0.3 is 0 Å². The number of nitro benzene ring substituents is 1. The van der Waals surface area contributed by atoms with Crippen LogP contribution in [0.2, 0.25) is 5.02 Å². The van der Waals surface area contributed by atoms with Crippen molar-refractivity contribution < 1.29 is 13.3 Å². The zero-order valence-corrected chi connectivity index (χ0v) is 15.0. The summed E-state index contributed by atoms with van der Waals surface area (Å²) in [4.78, 5) is 10.2. The molecule has 0 atom stereocenters. The summed E-state index contributed by atoms with van der Waals surface area (Å²) in [5.41, 5.74) is 1.16. The maximum Gasteiger partial charge on any atom is 0.275 e. The van der Waals surface area contributed by atoms with Gasteiger partial charge in [0.15, 0.2) is 0 Å².